The van der Waals surface area contributed by atoms with E-state index in [9.17, 15) is 9.59 Å². The van der Waals surface area contributed by atoms with E-state index < -0.39 is 0 Å². The maximum absolute atomic E-state index is 12.7. The van der Waals surface area contributed by atoms with E-state index in [4.69, 9.17) is 4.74 Å². The van der Waals surface area contributed by atoms with Crippen molar-refractivity contribution in [2.45, 2.75) is 18.6 Å². The second kappa shape index (κ2) is 5.31. The predicted octanol–water partition coefficient (Wildman–Crippen LogP) is 0.0296. The number of aromatic amines is 1. The Kier molecular flexibility index (Phi) is 3.26. The van der Waals surface area contributed by atoms with E-state index in [0.717, 1.165) is 5.52 Å². The van der Waals surface area contributed by atoms with Crippen molar-refractivity contribution in [1.82, 2.24) is 25.2 Å². The number of likely N-dealkylation sites (N-methyl/N-ethyl adjacent to an activating group) is 1. The lowest BCUT2D eigenvalue weighted by Gasteiger charge is -2.25. The van der Waals surface area contributed by atoms with Crippen LogP contribution in [0.5, 0.6) is 0 Å². The van der Waals surface area contributed by atoms with Crippen molar-refractivity contribution in [2.24, 2.45) is 0 Å². The molecule has 2 fully saturated rings. The van der Waals surface area contributed by atoms with Crippen molar-refractivity contribution < 1.29 is 14.3 Å². The fourth-order valence-corrected chi connectivity index (χ4v) is 3.27. The van der Waals surface area contributed by atoms with Gasteiger partial charge in [0.25, 0.3) is 5.91 Å². The van der Waals surface area contributed by atoms with Gasteiger partial charge in [0.2, 0.25) is 5.91 Å². The number of hydrogen-bond acceptors (Lipinski definition) is 5. The maximum Gasteiger partial charge on any atom is 0.254 e. The van der Waals surface area contributed by atoms with Gasteiger partial charge in [-0.05, 0) is 18.2 Å². The lowest BCUT2D eigenvalue weighted by Crippen LogP contribution is -2.43. The molecular weight excluding hydrogens is 298 g/mol. The van der Waals surface area contributed by atoms with Gasteiger partial charge >= 0.3 is 0 Å². The number of fused-ring (bicyclic) bond motifs is 2. The Bertz CT molecular complexity index is 773. The number of rotatable bonds is 1. The smallest absolute Gasteiger partial charge is 0.254 e. The Morgan fingerprint density at radius 1 is 1.30 bits per heavy atom. The zero-order chi connectivity index (χ0) is 16.0. The molecule has 2 atom stereocenters. The summed E-state index contributed by atoms with van der Waals surface area (Å²) in [5.74, 6) is -0.0109. The van der Waals surface area contributed by atoms with Crippen molar-refractivity contribution in [3.8, 4) is 0 Å². The number of carbonyl (C=O) groups is 2. The van der Waals surface area contributed by atoms with Crippen LogP contribution in [0.3, 0.4) is 0 Å². The molecule has 2 saturated heterocycles. The lowest BCUT2D eigenvalue weighted by atomic mass is 10.2. The van der Waals surface area contributed by atoms with Crippen LogP contribution in [0.4, 0.5) is 0 Å². The van der Waals surface area contributed by atoms with Gasteiger partial charge in [-0.15, -0.1) is 0 Å². The Labute approximate surface area is 132 Å². The fraction of sp³-hybridized carbons (Fsp3) is 0.467. The highest BCUT2D eigenvalue weighted by molar-refractivity contribution is 5.97. The minimum Gasteiger partial charge on any atom is -0.374 e. The van der Waals surface area contributed by atoms with Crippen molar-refractivity contribution in [2.75, 3.05) is 26.7 Å². The van der Waals surface area contributed by atoms with Crippen molar-refractivity contribution in [3.63, 3.8) is 0 Å². The molecule has 0 bridgehead atoms. The first-order chi connectivity index (χ1) is 11.1. The second-order valence-corrected chi connectivity index (χ2v) is 5.97. The van der Waals surface area contributed by atoms with Gasteiger partial charge in [0.15, 0.2) is 0 Å². The third-order valence-electron chi connectivity index (χ3n) is 4.63. The van der Waals surface area contributed by atoms with Crippen LogP contribution in [0, 0.1) is 0 Å². The number of H-pyrrole nitrogens is 1. The molecule has 2 aromatic rings. The van der Waals surface area contributed by atoms with Crippen molar-refractivity contribution in [1.29, 1.82) is 0 Å². The average Bonchev–Trinajstić information content (AvgIpc) is 3.16. The van der Waals surface area contributed by atoms with Crippen molar-refractivity contribution in [3.05, 3.63) is 23.8 Å². The molecule has 3 heterocycles. The van der Waals surface area contributed by atoms with Crippen LogP contribution in [0.2, 0.25) is 0 Å². The number of nitrogens with zero attached hydrogens (tertiary/aromatic N) is 4. The molecule has 0 radical (unpaired) electrons. The highest BCUT2D eigenvalue weighted by Gasteiger charge is 2.41. The minimum atomic E-state index is -0.119. The molecule has 1 aromatic carbocycles. The van der Waals surface area contributed by atoms with Crippen LogP contribution in [0.25, 0.3) is 11.0 Å². The van der Waals surface area contributed by atoms with Crippen LogP contribution in [-0.2, 0) is 9.53 Å². The van der Waals surface area contributed by atoms with Crippen LogP contribution in [0.15, 0.2) is 18.2 Å². The Balaban J connectivity index is 1.56. The molecule has 0 aliphatic carbocycles. The molecule has 2 aliphatic heterocycles. The van der Waals surface area contributed by atoms with E-state index in [1.54, 1.807) is 35.0 Å². The fourth-order valence-electron chi connectivity index (χ4n) is 3.27. The summed E-state index contributed by atoms with van der Waals surface area (Å²) in [5, 5.41) is 10.5. The summed E-state index contributed by atoms with van der Waals surface area (Å²) < 4.78 is 5.76. The SMILES string of the molecule is CN1C(=O)CCO[C@H]2CN(C(=O)c3ccc4n[nH]nc4c3)C[C@@H]21. The number of ether oxygens (including phenoxy) is 1. The molecule has 1 aromatic heterocycles. The molecule has 23 heavy (non-hydrogen) atoms. The van der Waals surface area contributed by atoms with Gasteiger partial charge in [-0.25, -0.2) is 0 Å². The normalized spacial score (nSPS) is 24.8. The van der Waals surface area contributed by atoms with E-state index in [1.165, 1.54) is 0 Å². The molecular formula is C15H17N5O3. The second-order valence-electron chi connectivity index (χ2n) is 5.97. The molecule has 2 aliphatic rings. The van der Waals surface area contributed by atoms with Crippen LogP contribution in [-0.4, -0.2) is 75.9 Å². The van der Waals surface area contributed by atoms with E-state index in [0.29, 0.717) is 37.2 Å². The monoisotopic (exact) mass is 315 g/mol. The van der Waals surface area contributed by atoms with E-state index in [1.807, 2.05) is 0 Å². The van der Waals surface area contributed by atoms with Gasteiger partial charge in [0.05, 0.1) is 25.2 Å². The predicted molar refractivity (Wildman–Crippen MR) is 80.7 cm³/mol. The Hall–Kier alpha value is -2.48. The minimum absolute atomic E-state index is 0.0656. The Morgan fingerprint density at radius 3 is 3.00 bits per heavy atom. The van der Waals surface area contributed by atoms with E-state index >= 15 is 0 Å². The van der Waals surface area contributed by atoms with Crippen molar-refractivity contribution >= 4 is 22.8 Å². The molecule has 4 rings (SSSR count). The summed E-state index contributed by atoms with van der Waals surface area (Å²) in [6.07, 6.45) is 0.284. The van der Waals surface area contributed by atoms with E-state index in [-0.39, 0.29) is 24.0 Å². The summed E-state index contributed by atoms with van der Waals surface area (Å²) in [6, 6.07) is 5.17. The first kappa shape index (κ1) is 14.1. The zero-order valence-corrected chi connectivity index (χ0v) is 12.7. The summed E-state index contributed by atoms with van der Waals surface area (Å²) in [6.45, 7) is 1.40. The maximum atomic E-state index is 12.7. The summed E-state index contributed by atoms with van der Waals surface area (Å²) >= 11 is 0. The lowest BCUT2D eigenvalue weighted by molar-refractivity contribution is -0.131. The van der Waals surface area contributed by atoms with Gasteiger partial charge in [-0.3, -0.25) is 9.59 Å². The molecule has 8 heteroatoms. The largest absolute Gasteiger partial charge is 0.374 e. The van der Waals surface area contributed by atoms with Gasteiger partial charge in [-0.1, -0.05) is 0 Å². The van der Waals surface area contributed by atoms with Crippen LogP contribution in [0.1, 0.15) is 16.8 Å². The standard InChI is InChI=1S/C15H17N5O3/c1-19-12-7-20(8-13(12)23-5-4-14(19)21)15(22)9-2-3-10-11(6-9)17-18-16-10/h2-3,6,12-13H,4-5,7-8H2,1H3,(H,16,17,18)/t12-,13-/m0/s1. The first-order valence-electron chi connectivity index (χ1n) is 7.60. The number of likely N-dealkylation sites (tertiary alicyclic amines) is 1. The molecule has 8 nitrogen and oxygen atoms in total. The average molecular weight is 315 g/mol. The first-order valence-corrected chi connectivity index (χ1v) is 7.60. The van der Waals surface area contributed by atoms with Gasteiger partial charge in [0, 0.05) is 25.7 Å². The summed E-state index contributed by atoms with van der Waals surface area (Å²) in [5.41, 5.74) is 1.95. The number of hydrogen-bond donors (Lipinski definition) is 1. The molecule has 2 amide bonds. The number of amides is 2. The van der Waals surface area contributed by atoms with Crippen LogP contribution >= 0.6 is 0 Å². The van der Waals surface area contributed by atoms with E-state index in [2.05, 4.69) is 15.4 Å². The molecule has 1 N–H and O–H groups in total. The summed E-state index contributed by atoms with van der Waals surface area (Å²) in [7, 11) is 1.78. The van der Waals surface area contributed by atoms with Gasteiger partial charge < -0.3 is 14.5 Å². The molecule has 0 unspecified atom stereocenters. The Morgan fingerprint density at radius 2 is 2.13 bits per heavy atom. The number of nitrogens with one attached hydrogen (secondary N) is 1. The summed E-state index contributed by atoms with van der Waals surface area (Å²) in [4.78, 5) is 28.1. The number of aromatic nitrogens is 3. The molecule has 0 saturated carbocycles. The quantitative estimate of drug-likeness (QED) is 0.801. The number of benzene rings is 1. The third kappa shape index (κ3) is 2.35. The highest BCUT2D eigenvalue weighted by atomic mass is 16.5. The van der Waals surface area contributed by atoms with Gasteiger partial charge in [0.1, 0.15) is 11.0 Å². The third-order valence-corrected chi connectivity index (χ3v) is 4.63. The molecule has 0 spiro atoms. The van der Waals surface area contributed by atoms with Gasteiger partial charge in [-0.2, -0.15) is 15.4 Å². The number of carbonyl (C=O) groups excluding carboxylic acids is 2. The zero-order valence-electron chi connectivity index (χ0n) is 12.7. The highest BCUT2D eigenvalue weighted by Crippen LogP contribution is 2.24. The molecule has 120 valence electrons. The topological polar surface area (TPSA) is 91.4 Å². The van der Waals surface area contributed by atoms with Crippen LogP contribution < -0.4 is 0 Å².